The first-order valence-electron chi connectivity index (χ1n) is 7.61. The number of nitrogens with zero attached hydrogens (tertiary/aromatic N) is 1. The highest BCUT2D eigenvalue weighted by atomic mass is 16.4. The molecule has 1 heterocycles. The van der Waals surface area contributed by atoms with E-state index in [0.717, 1.165) is 25.7 Å². The molecule has 0 aliphatic carbocycles. The molecule has 20 heavy (non-hydrogen) atoms. The Morgan fingerprint density at radius 2 is 1.85 bits per heavy atom. The van der Waals surface area contributed by atoms with Crippen molar-refractivity contribution in [2.45, 2.75) is 59.4 Å². The maximum Gasteiger partial charge on any atom is 0.326 e. The Bertz CT molecular complexity index is 349. The van der Waals surface area contributed by atoms with Crippen molar-refractivity contribution in [1.29, 1.82) is 0 Å². The standard InChI is InChI=1S/C15H28N2O3/c1-5-11(3)12(13(18)19)16-14(20)17-9-7-15(4,6-2)8-10-17/h11-12H,5-10H2,1-4H3,(H,16,20)(H,18,19)/t11?,12-/m0/s1. The predicted octanol–water partition coefficient (Wildman–Crippen LogP) is 2.71. The van der Waals surface area contributed by atoms with Crippen molar-refractivity contribution in [2.75, 3.05) is 13.1 Å². The number of carboxylic acid groups (broad SMARTS) is 1. The second kappa shape index (κ2) is 6.95. The number of carboxylic acids is 1. The summed E-state index contributed by atoms with van der Waals surface area (Å²) < 4.78 is 0. The Balaban J connectivity index is 2.56. The van der Waals surface area contributed by atoms with Crippen LogP contribution in [0.1, 0.15) is 53.4 Å². The fraction of sp³-hybridized carbons (Fsp3) is 0.867. The summed E-state index contributed by atoms with van der Waals surface area (Å²) in [5.74, 6) is -1.02. The second-order valence-electron chi connectivity index (χ2n) is 6.30. The molecule has 1 fully saturated rings. The number of likely N-dealkylation sites (tertiary alicyclic amines) is 1. The topological polar surface area (TPSA) is 69.6 Å². The molecule has 0 spiro atoms. The molecule has 1 aliphatic rings. The maximum atomic E-state index is 12.2. The largest absolute Gasteiger partial charge is 0.480 e. The smallest absolute Gasteiger partial charge is 0.326 e. The number of nitrogens with one attached hydrogen (secondary N) is 1. The third kappa shape index (κ3) is 4.12. The van der Waals surface area contributed by atoms with E-state index in [1.165, 1.54) is 0 Å². The summed E-state index contributed by atoms with van der Waals surface area (Å²) in [5, 5.41) is 11.9. The van der Waals surface area contributed by atoms with Crippen molar-refractivity contribution in [3.63, 3.8) is 0 Å². The number of rotatable bonds is 5. The van der Waals surface area contributed by atoms with Crippen LogP contribution >= 0.6 is 0 Å². The van der Waals surface area contributed by atoms with E-state index < -0.39 is 12.0 Å². The van der Waals surface area contributed by atoms with Crippen molar-refractivity contribution in [3.8, 4) is 0 Å². The van der Waals surface area contributed by atoms with Gasteiger partial charge in [0.15, 0.2) is 0 Å². The third-order valence-corrected chi connectivity index (χ3v) is 4.87. The fourth-order valence-corrected chi connectivity index (χ4v) is 2.51. The van der Waals surface area contributed by atoms with Crippen LogP contribution in [0.25, 0.3) is 0 Å². The first-order valence-corrected chi connectivity index (χ1v) is 7.61. The summed E-state index contributed by atoms with van der Waals surface area (Å²) in [5.41, 5.74) is 0.319. The Morgan fingerprint density at radius 3 is 2.25 bits per heavy atom. The number of amides is 2. The van der Waals surface area contributed by atoms with Crippen molar-refractivity contribution in [2.24, 2.45) is 11.3 Å². The lowest BCUT2D eigenvalue weighted by Gasteiger charge is -2.39. The number of piperidine rings is 1. The Morgan fingerprint density at radius 1 is 1.30 bits per heavy atom. The van der Waals surface area contributed by atoms with Gasteiger partial charge in [-0.05, 0) is 24.2 Å². The van der Waals surface area contributed by atoms with Gasteiger partial charge in [-0.3, -0.25) is 0 Å². The van der Waals surface area contributed by atoms with Gasteiger partial charge in [-0.2, -0.15) is 0 Å². The van der Waals surface area contributed by atoms with Crippen LogP contribution in [-0.2, 0) is 4.79 Å². The maximum absolute atomic E-state index is 12.2. The molecule has 2 atom stereocenters. The van der Waals surface area contributed by atoms with Gasteiger partial charge in [-0.25, -0.2) is 9.59 Å². The molecular formula is C15H28N2O3. The van der Waals surface area contributed by atoms with Crippen LogP contribution in [0, 0.1) is 11.3 Å². The Labute approximate surface area is 121 Å². The minimum Gasteiger partial charge on any atom is -0.480 e. The summed E-state index contributed by atoms with van der Waals surface area (Å²) in [7, 11) is 0. The van der Waals surface area contributed by atoms with Crippen LogP contribution in [0.5, 0.6) is 0 Å². The van der Waals surface area contributed by atoms with E-state index in [9.17, 15) is 14.7 Å². The molecule has 1 aliphatic heterocycles. The number of hydrogen-bond donors (Lipinski definition) is 2. The van der Waals surface area contributed by atoms with E-state index in [1.54, 1.807) is 4.90 Å². The zero-order valence-electron chi connectivity index (χ0n) is 13.1. The molecule has 1 saturated heterocycles. The number of carbonyl (C=O) groups is 2. The van der Waals surface area contributed by atoms with Gasteiger partial charge >= 0.3 is 12.0 Å². The molecule has 2 N–H and O–H groups in total. The highest BCUT2D eigenvalue weighted by molar-refractivity contribution is 5.82. The molecular weight excluding hydrogens is 256 g/mol. The molecule has 0 aromatic carbocycles. The van der Waals surface area contributed by atoms with Crippen LogP contribution in [0.2, 0.25) is 0 Å². The molecule has 5 heteroatoms. The van der Waals surface area contributed by atoms with Gasteiger partial charge in [0, 0.05) is 13.1 Å². The first kappa shape index (κ1) is 16.8. The summed E-state index contributed by atoms with van der Waals surface area (Å²) in [6.07, 6.45) is 3.81. The molecule has 0 aromatic heterocycles. The van der Waals surface area contributed by atoms with E-state index in [0.29, 0.717) is 18.5 Å². The lowest BCUT2D eigenvalue weighted by atomic mass is 9.78. The van der Waals surface area contributed by atoms with Crippen LogP contribution in [0.15, 0.2) is 0 Å². The predicted molar refractivity (Wildman–Crippen MR) is 78.6 cm³/mol. The van der Waals surface area contributed by atoms with Crippen LogP contribution in [0.4, 0.5) is 4.79 Å². The van der Waals surface area contributed by atoms with E-state index >= 15 is 0 Å². The molecule has 1 rings (SSSR count). The lowest BCUT2D eigenvalue weighted by molar-refractivity contribution is -0.140. The minimum absolute atomic E-state index is 0.0675. The number of hydrogen-bond acceptors (Lipinski definition) is 2. The van der Waals surface area contributed by atoms with E-state index in [2.05, 4.69) is 19.2 Å². The highest BCUT2D eigenvalue weighted by Crippen LogP contribution is 2.33. The summed E-state index contributed by atoms with van der Waals surface area (Å²) in [6, 6.07) is -1.04. The van der Waals surface area contributed by atoms with Crippen molar-refractivity contribution in [3.05, 3.63) is 0 Å². The van der Waals surface area contributed by atoms with Gasteiger partial charge in [-0.1, -0.05) is 40.5 Å². The monoisotopic (exact) mass is 284 g/mol. The van der Waals surface area contributed by atoms with E-state index in [-0.39, 0.29) is 11.9 Å². The quantitative estimate of drug-likeness (QED) is 0.815. The molecule has 116 valence electrons. The Hall–Kier alpha value is -1.26. The average Bonchev–Trinajstić information content (AvgIpc) is 2.44. The molecule has 5 nitrogen and oxygen atoms in total. The zero-order valence-corrected chi connectivity index (χ0v) is 13.1. The molecule has 1 unspecified atom stereocenters. The van der Waals surface area contributed by atoms with Gasteiger partial charge in [0.1, 0.15) is 6.04 Å². The molecule has 0 aromatic rings. The molecule has 0 radical (unpaired) electrons. The van der Waals surface area contributed by atoms with Crippen LogP contribution in [-0.4, -0.2) is 41.1 Å². The SMILES string of the molecule is CCC(C)[C@H](NC(=O)N1CCC(C)(CC)CC1)C(=O)O. The van der Waals surface area contributed by atoms with Crippen molar-refractivity contribution < 1.29 is 14.7 Å². The second-order valence-corrected chi connectivity index (χ2v) is 6.30. The minimum atomic E-state index is -0.955. The highest BCUT2D eigenvalue weighted by Gasteiger charge is 2.32. The van der Waals surface area contributed by atoms with Crippen LogP contribution in [0.3, 0.4) is 0 Å². The van der Waals surface area contributed by atoms with E-state index in [4.69, 9.17) is 0 Å². The Kier molecular flexibility index (Phi) is 5.84. The van der Waals surface area contributed by atoms with Crippen molar-refractivity contribution >= 4 is 12.0 Å². The first-order chi connectivity index (χ1) is 9.33. The van der Waals surface area contributed by atoms with Gasteiger partial charge in [0.05, 0.1) is 0 Å². The van der Waals surface area contributed by atoms with Crippen LogP contribution < -0.4 is 5.32 Å². The molecule has 0 bridgehead atoms. The zero-order chi connectivity index (χ0) is 15.3. The molecule has 2 amide bonds. The van der Waals surface area contributed by atoms with Gasteiger partial charge in [0.25, 0.3) is 0 Å². The number of carbonyl (C=O) groups excluding carboxylic acids is 1. The molecule has 0 saturated carbocycles. The third-order valence-electron chi connectivity index (χ3n) is 4.87. The fourth-order valence-electron chi connectivity index (χ4n) is 2.51. The number of aliphatic carboxylic acids is 1. The number of urea groups is 1. The van der Waals surface area contributed by atoms with E-state index in [1.807, 2.05) is 13.8 Å². The van der Waals surface area contributed by atoms with Gasteiger partial charge in [0.2, 0.25) is 0 Å². The van der Waals surface area contributed by atoms with Gasteiger partial charge in [-0.15, -0.1) is 0 Å². The van der Waals surface area contributed by atoms with Gasteiger partial charge < -0.3 is 15.3 Å². The summed E-state index contributed by atoms with van der Waals surface area (Å²) in [4.78, 5) is 25.2. The summed E-state index contributed by atoms with van der Waals surface area (Å²) in [6.45, 7) is 9.64. The summed E-state index contributed by atoms with van der Waals surface area (Å²) >= 11 is 0. The van der Waals surface area contributed by atoms with Crippen molar-refractivity contribution in [1.82, 2.24) is 10.2 Å². The lowest BCUT2D eigenvalue weighted by Crippen LogP contribution is -2.53. The normalized spacial score (nSPS) is 21.1. The average molecular weight is 284 g/mol.